The van der Waals surface area contributed by atoms with E-state index in [0.29, 0.717) is 3.57 Å². The molecule has 0 amide bonds. The van der Waals surface area contributed by atoms with Crippen molar-refractivity contribution in [3.63, 3.8) is 0 Å². The average Bonchev–Trinajstić information content (AvgIpc) is 2.25. The number of hydrogen-bond donors (Lipinski definition) is 0. The number of benzene rings is 1. The molecule has 2 nitrogen and oxygen atoms in total. The molecular weight excluding hydrogens is 288 g/mol. The summed E-state index contributed by atoms with van der Waals surface area (Å²) < 4.78 is 33.9. The van der Waals surface area contributed by atoms with Gasteiger partial charge in [0.15, 0.2) is 0 Å². The molecule has 1 aliphatic rings. The van der Waals surface area contributed by atoms with Crippen molar-refractivity contribution in [2.75, 3.05) is 0 Å². The summed E-state index contributed by atoms with van der Waals surface area (Å²) in [4.78, 5) is 0. The first-order chi connectivity index (χ1) is 5.58. The molecule has 0 aromatic heterocycles. The molecule has 2 rings (SSSR count). The van der Waals surface area contributed by atoms with E-state index in [1.165, 1.54) is 6.07 Å². The zero-order chi connectivity index (χ0) is 8.77. The first kappa shape index (κ1) is 11.1. The molecule has 1 aromatic carbocycles. The largest absolute Gasteiger partial charge is 1.00 e. The smallest absolute Gasteiger partial charge is 0.460 e. The van der Waals surface area contributed by atoms with Gasteiger partial charge >= 0.3 is 25.2 Å². The van der Waals surface area contributed by atoms with E-state index >= 15 is 0 Å². The van der Waals surface area contributed by atoms with Crippen LogP contribution in [0.5, 0.6) is 11.5 Å². The number of hydrogen-bond acceptors (Lipinski definition) is 2. The average molecular weight is 290 g/mol. The van der Waals surface area contributed by atoms with Crippen molar-refractivity contribution in [1.82, 2.24) is 0 Å². The summed E-state index contributed by atoms with van der Waals surface area (Å²) in [7, 11) is 0. The molecule has 0 saturated carbocycles. The predicted octanol–water partition coefficient (Wildman–Crippen LogP) is -0.583. The number of fused-ring (bicyclic) bond motifs is 1. The van der Waals surface area contributed by atoms with E-state index in [1.807, 2.05) is 22.6 Å². The monoisotopic (exact) mass is 290 g/mol. The molecule has 13 heavy (non-hydrogen) atoms. The summed E-state index contributed by atoms with van der Waals surface area (Å²) >= 11 is 1.87. The minimum absolute atomic E-state index is 0. The van der Waals surface area contributed by atoms with Gasteiger partial charge in [-0.2, -0.15) is 12.1 Å². The molecule has 0 radical (unpaired) electrons. The molecule has 0 aliphatic carbocycles. The predicted molar refractivity (Wildman–Crippen MR) is 44.2 cm³/mol. The summed E-state index contributed by atoms with van der Waals surface area (Å²) in [5.41, 5.74) is 0. The van der Waals surface area contributed by atoms with Crippen LogP contribution < -0.4 is 28.3 Å². The molecule has 1 heterocycles. The molecule has 1 aliphatic heterocycles. The SMILES string of the molecule is FC1(F)Oc2c[c-]cc(I)c2O1.[Li+]. The third kappa shape index (κ3) is 2.09. The van der Waals surface area contributed by atoms with Gasteiger partial charge < -0.3 is 9.47 Å². The number of alkyl halides is 2. The molecule has 0 saturated heterocycles. The third-order valence-electron chi connectivity index (χ3n) is 1.31. The van der Waals surface area contributed by atoms with Crippen LogP contribution >= 0.6 is 22.6 Å². The summed E-state index contributed by atoms with van der Waals surface area (Å²) in [6.45, 7) is 0. The second-order valence-corrected chi connectivity index (χ2v) is 3.33. The van der Waals surface area contributed by atoms with Crippen LogP contribution in [0.1, 0.15) is 0 Å². The zero-order valence-corrected chi connectivity index (χ0v) is 8.76. The van der Waals surface area contributed by atoms with Crippen molar-refractivity contribution in [3.05, 3.63) is 21.8 Å². The number of ether oxygens (including phenoxy) is 2. The van der Waals surface area contributed by atoms with Crippen LogP contribution in [0.15, 0.2) is 12.1 Å². The fourth-order valence-electron chi connectivity index (χ4n) is 0.882. The molecule has 1 aromatic rings. The maximum Gasteiger partial charge on any atom is 1.00 e. The molecule has 0 atom stereocenters. The molecule has 64 valence electrons. The van der Waals surface area contributed by atoms with Crippen LogP contribution in [0, 0.1) is 9.64 Å². The number of rotatable bonds is 0. The Morgan fingerprint density at radius 2 is 2.00 bits per heavy atom. The molecule has 0 N–H and O–H groups in total. The van der Waals surface area contributed by atoms with Gasteiger partial charge in [-0.1, -0.05) is 3.57 Å². The van der Waals surface area contributed by atoms with Crippen molar-refractivity contribution in [1.29, 1.82) is 0 Å². The van der Waals surface area contributed by atoms with Gasteiger partial charge in [-0.25, -0.2) is 0 Å². The van der Waals surface area contributed by atoms with E-state index in [0.717, 1.165) is 0 Å². The van der Waals surface area contributed by atoms with Crippen molar-refractivity contribution >= 4 is 22.6 Å². The van der Waals surface area contributed by atoms with Crippen LogP contribution in [0.4, 0.5) is 8.78 Å². The maximum atomic E-state index is 12.5. The minimum Gasteiger partial charge on any atom is -0.460 e. The van der Waals surface area contributed by atoms with Gasteiger partial charge in [-0.3, -0.25) is 0 Å². The Labute approximate surface area is 98.9 Å². The van der Waals surface area contributed by atoms with Gasteiger partial charge in [0.1, 0.15) is 0 Å². The quantitative estimate of drug-likeness (QED) is 0.361. The normalized spacial score (nSPS) is 16.5. The van der Waals surface area contributed by atoms with Crippen LogP contribution in [-0.4, -0.2) is 6.29 Å². The Balaban J connectivity index is 0.000000845. The van der Waals surface area contributed by atoms with Crippen molar-refractivity contribution in [2.45, 2.75) is 6.29 Å². The maximum absolute atomic E-state index is 12.5. The fraction of sp³-hybridized carbons (Fsp3) is 0.143. The van der Waals surface area contributed by atoms with Crippen molar-refractivity contribution in [2.24, 2.45) is 0 Å². The second kappa shape index (κ2) is 3.63. The zero-order valence-electron chi connectivity index (χ0n) is 6.61. The Kier molecular flexibility index (Phi) is 3.10. The second-order valence-electron chi connectivity index (χ2n) is 2.16. The van der Waals surface area contributed by atoms with Gasteiger partial charge in [0.05, 0.1) is 11.5 Å². The summed E-state index contributed by atoms with van der Waals surface area (Å²) in [6.07, 6.45) is -3.53. The Hall–Kier alpha value is 0.00740. The summed E-state index contributed by atoms with van der Waals surface area (Å²) in [6, 6.07) is 5.52. The van der Waals surface area contributed by atoms with Gasteiger partial charge in [-0.15, -0.1) is 37.4 Å². The van der Waals surface area contributed by atoms with Gasteiger partial charge in [0.2, 0.25) is 0 Å². The van der Waals surface area contributed by atoms with Crippen LogP contribution in [0.2, 0.25) is 0 Å². The van der Waals surface area contributed by atoms with Gasteiger partial charge in [-0.05, 0) is 0 Å². The standard InChI is InChI=1S/C7H2F2IO2.Li/c8-7(9)11-5-3-1-2-4(10)6(5)12-7;/h2-3H;/q-1;+1. The summed E-state index contributed by atoms with van der Waals surface area (Å²) in [5.74, 6) is 0.117. The van der Waals surface area contributed by atoms with E-state index in [4.69, 9.17) is 0 Å². The van der Waals surface area contributed by atoms with Crippen molar-refractivity contribution < 1.29 is 37.1 Å². The first-order valence-electron chi connectivity index (χ1n) is 3.04. The molecule has 0 fully saturated rings. The van der Waals surface area contributed by atoms with Crippen LogP contribution in [-0.2, 0) is 0 Å². The molecule has 0 spiro atoms. The topological polar surface area (TPSA) is 18.5 Å². The molecule has 0 bridgehead atoms. The fourth-order valence-corrected chi connectivity index (χ4v) is 1.44. The van der Waals surface area contributed by atoms with Crippen LogP contribution in [0.25, 0.3) is 0 Å². The third-order valence-corrected chi connectivity index (χ3v) is 2.12. The van der Waals surface area contributed by atoms with Crippen molar-refractivity contribution in [3.8, 4) is 11.5 Å². The van der Waals surface area contributed by atoms with E-state index < -0.39 is 6.29 Å². The molecular formula is C7H2F2ILiO2. The van der Waals surface area contributed by atoms with Crippen LogP contribution in [0.3, 0.4) is 0 Å². The Morgan fingerprint density at radius 3 is 2.62 bits per heavy atom. The summed E-state index contributed by atoms with van der Waals surface area (Å²) in [5, 5.41) is 0. The minimum atomic E-state index is -3.53. The molecule has 0 unspecified atom stereocenters. The first-order valence-corrected chi connectivity index (χ1v) is 4.12. The van der Waals surface area contributed by atoms with E-state index in [2.05, 4.69) is 15.5 Å². The Bertz CT molecular complexity index is 332. The molecule has 6 heteroatoms. The van der Waals surface area contributed by atoms with Gasteiger partial charge in [0.25, 0.3) is 0 Å². The number of halogens is 3. The van der Waals surface area contributed by atoms with E-state index in [1.54, 1.807) is 6.07 Å². The van der Waals surface area contributed by atoms with E-state index in [-0.39, 0.29) is 30.4 Å². The Morgan fingerprint density at radius 1 is 1.31 bits per heavy atom. The van der Waals surface area contributed by atoms with Gasteiger partial charge in [0, 0.05) is 0 Å². The van der Waals surface area contributed by atoms with E-state index in [9.17, 15) is 8.78 Å².